The Bertz CT molecular complexity index is 1330. The van der Waals surface area contributed by atoms with Crippen molar-refractivity contribution in [3.05, 3.63) is 12.7 Å². The minimum absolute atomic E-state index is 0.0742. The molecule has 5 atom stereocenters. The highest BCUT2D eigenvalue weighted by atomic mass is 31.2. The molecule has 0 bridgehead atoms. The molecule has 0 radical (unpaired) electrons. The molecule has 2 aromatic heterocycles. The summed E-state index contributed by atoms with van der Waals surface area (Å²) in [5.41, 5.74) is 1.52. The lowest BCUT2D eigenvalue weighted by molar-refractivity contribution is -0.241. The van der Waals surface area contributed by atoms with Crippen molar-refractivity contribution in [3.63, 3.8) is 0 Å². The van der Waals surface area contributed by atoms with Gasteiger partial charge in [-0.05, 0) is 41.5 Å². The smallest absolute Gasteiger partial charge is 0.342 e. The van der Waals surface area contributed by atoms with Gasteiger partial charge in [0, 0.05) is 0 Å². The Morgan fingerprint density at radius 2 is 1.60 bits per heavy atom. The number of carbonyl (C=O) groups excluding carboxylic acids is 2. The number of esters is 2. The van der Waals surface area contributed by atoms with Crippen LogP contribution < -0.4 is 15.9 Å². The van der Waals surface area contributed by atoms with Crippen molar-refractivity contribution in [2.75, 3.05) is 12.3 Å². The highest BCUT2D eigenvalue weighted by molar-refractivity contribution is 7.54. The summed E-state index contributed by atoms with van der Waals surface area (Å²) < 4.78 is 95.2. The number of nitrogens with one attached hydrogen (secondary N) is 2. The van der Waals surface area contributed by atoms with Crippen LogP contribution in [0.1, 0.15) is 47.8 Å². The van der Waals surface area contributed by atoms with Crippen molar-refractivity contribution < 1.29 is 55.6 Å². The van der Waals surface area contributed by atoms with Gasteiger partial charge in [-0.2, -0.15) is 8.78 Å². The van der Waals surface area contributed by atoms with Gasteiger partial charge in [-0.3, -0.25) is 18.7 Å². The van der Waals surface area contributed by atoms with Gasteiger partial charge in [0.2, 0.25) is 5.60 Å². The van der Waals surface area contributed by atoms with E-state index in [9.17, 15) is 28.0 Å². The summed E-state index contributed by atoms with van der Waals surface area (Å²) in [4.78, 5) is 36.2. The normalized spacial score (nSPS) is 23.7. The molecule has 5 N–H and O–H groups in total. The molecule has 20 heteroatoms. The molecular weight excluding hydrogens is 609 g/mol. The van der Waals surface area contributed by atoms with Gasteiger partial charge in [-0.25, -0.2) is 33.9 Å². The van der Waals surface area contributed by atoms with Crippen molar-refractivity contribution in [2.45, 2.75) is 96.1 Å². The van der Waals surface area contributed by atoms with Crippen LogP contribution in [-0.4, -0.2) is 91.5 Å². The maximum absolute atomic E-state index is 15.6. The molecule has 1 aliphatic heterocycles. The largest absolute Gasteiger partial charge is 0.462 e. The van der Waals surface area contributed by atoms with Crippen LogP contribution in [0.5, 0.6) is 0 Å². The van der Waals surface area contributed by atoms with E-state index in [0.29, 0.717) is 0 Å². The molecule has 3 rings (SSSR count). The minimum atomic E-state index is -4.85. The van der Waals surface area contributed by atoms with Crippen molar-refractivity contribution >= 4 is 36.6 Å². The van der Waals surface area contributed by atoms with E-state index in [1.165, 1.54) is 41.5 Å². The predicted octanol–water partition coefficient (Wildman–Crippen LogP) is 1.92. The topological polar surface area (TPSA) is 202 Å². The average molecular weight is 644 g/mol. The zero-order chi connectivity index (χ0) is 32.5. The van der Waals surface area contributed by atoms with Crippen LogP contribution in [0.15, 0.2) is 12.7 Å². The third-order valence-electron chi connectivity index (χ3n) is 6.15. The number of aliphatic hydroxyl groups excluding tert-OH is 1. The number of ether oxygens (including phenoxy) is 3. The van der Waals surface area contributed by atoms with Crippen molar-refractivity contribution in [3.8, 4) is 0 Å². The lowest BCUT2D eigenvalue weighted by atomic mass is 9.95. The quantitative estimate of drug-likeness (QED) is 0.140. The third kappa shape index (κ3) is 7.07. The molecule has 242 valence electrons. The third-order valence-corrected chi connectivity index (χ3v) is 8.10. The molecule has 0 aromatic carbocycles. The number of aromatic nitrogens is 4. The second-order valence-electron chi connectivity index (χ2n) is 10.3. The number of carbonyl (C=O) groups is 2. The van der Waals surface area contributed by atoms with E-state index in [0.717, 1.165) is 17.2 Å². The van der Waals surface area contributed by atoms with Crippen LogP contribution in [-0.2, 0) is 32.9 Å². The Hall–Kier alpha value is -2.96. The van der Waals surface area contributed by atoms with Crippen LogP contribution in [0.25, 0.3) is 11.2 Å². The summed E-state index contributed by atoms with van der Waals surface area (Å²) in [5, 5.41) is 14.9. The summed E-state index contributed by atoms with van der Waals surface area (Å²) in [6.45, 7) is 6.67. The van der Waals surface area contributed by atoms with E-state index in [4.69, 9.17) is 24.5 Å². The number of rotatable bonds is 13. The van der Waals surface area contributed by atoms with Crippen molar-refractivity contribution in [2.24, 2.45) is 0 Å². The van der Waals surface area contributed by atoms with E-state index >= 15 is 8.78 Å². The zero-order valence-electron chi connectivity index (χ0n) is 24.0. The molecule has 0 amide bonds. The SMILES string of the molecule is CC(C)OC(=O)[C@H](C)NP(=O)(N[C@@H](C)C(=O)OC(C)C)OC[C@@]1(C(F)F)O[C@@H](n2cnc3c(N)ncnc32)[C@H](O)C1(F)F. The Labute approximate surface area is 243 Å². The summed E-state index contributed by atoms with van der Waals surface area (Å²) >= 11 is 0. The Morgan fingerprint density at radius 3 is 2.09 bits per heavy atom. The highest BCUT2D eigenvalue weighted by Gasteiger charge is 2.74. The number of hydrogen-bond donors (Lipinski definition) is 4. The second kappa shape index (κ2) is 13.0. The van der Waals surface area contributed by atoms with Crippen LogP contribution >= 0.6 is 7.67 Å². The first-order chi connectivity index (χ1) is 19.8. The van der Waals surface area contributed by atoms with E-state index in [2.05, 4.69) is 25.1 Å². The predicted molar refractivity (Wildman–Crippen MR) is 141 cm³/mol. The van der Waals surface area contributed by atoms with Crippen LogP contribution in [0.3, 0.4) is 0 Å². The van der Waals surface area contributed by atoms with E-state index < -0.39 is 80.8 Å². The summed E-state index contributed by atoms with van der Waals surface area (Å²) in [5.74, 6) is -6.78. The fourth-order valence-electron chi connectivity index (χ4n) is 4.03. The van der Waals surface area contributed by atoms with Gasteiger partial charge in [0.05, 0.1) is 25.1 Å². The molecule has 0 unspecified atom stereocenters. The fraction of sp³-hybridized carbons (Fsp3) is 0.696. The first-order valence-corrected chi connectivity index (χ1v) is 14.6. The monoisotopic (exact) mass is 643 g/mol. The number of halogens is 4. The van der Waals surface area contributed by atoms with Gasteiger partial charge in [0.15, 0.2) is 23.8 Å². The number of fused-ring (bicyclic) bond motifs is 1. The molecule has 15 nitrogen and oxygen atoms in total. The summed E-state index contributed by atoms with van der Waals surface area (Å²) in [6.07, 6.45) is -8.47. The first kappa shape index (κ1) is 34.5. The Balaban J connectivity index is 1.96. The lowest BCUT2D eigenvalue weighted by Crippen LogP contribution is -2.58. The van der Waals surface area contributed by atoms with Crippen molar-refractivity contribution in [1.82, 2.24) is 29.7 Å². The summed E-state index contributed by atoms with van der Waals surface area (Å²) in [7, 11) is -4.85. The fourth-order valence-corrected chi connectivity index (χ4v) is 5.85. The molecule has 1 saturated heterocycles. The van der Waals surface area contributed by atoms with E-state index in [1.54, 1.807) is 0 Å². The van der Waals surface area contributed by atoms with E-state index in [-0.39, 0.29) is 17.0 Å². The first-order valence-electron chi connectivity index (χ1n) is 13.0. The summed E-state index contributed by atoms with van der Waals surface area (Å²) in [6, 6.07) is -2.88. The van der Waals surface area contributed by atoms with Gasteiger partial charge in [0.1, 0.15) is 23.9 Å². The van der Waals surface area contributed by atoms with Crippen molar-refractivity contribution in [1.29, 1.82) is 0 Å². The van der Waals surface area contributed by atoms with Gasteiger partial charge < -0.3 is 29.6 Å². The maximum Gasteiger partial charge on any atom is 0.342 e. The average Bonchev–Trinajstić information content (AvgIpc) is 3.40. The van der Waals surface area contributed by atoms with Gasteiger partial charge in [0.25, 0.3) is 6.43 Å². The van der Waals surface area contributed by atoms with Gasteiger partial charge >= 0.3 is 25.5 Å². The lowest BCUT2D eigenvalue weighted by Gasteiger charge is -2.35. The number of anilines is 1. The minimum Gasteiger partial charge on any atom is -0.462 e. The number of alkyl halides is 4. The molecule has 1 aliphatic rings. The maximum atomic E-state index is 15.6. The number of aliphatic hydroxyl groups is 1. The Morgan fingerprint density at radius 1 is 1.07 bits per heavy atom. The molecule has 3 heterocycles. The molecule has 2 aromatic rings. The number of nitrogens with zero attached hydrogens (tertiary/aromatic N) is 4. The molecule has 43 heavy (non-hydrogen) atoms. The highest BCUT2D eigenvalue weighted by Crippen LogP contribution is 2.54. The molecule has 0 spiro atoms. The standard InChI is InChI=1S/C23H34F4N7O8P/c1-10(2)40-19(36)12(5)32-43(38,33-13(6)20(37)41-11(3)4)39-7-22(21(24)25)23(26,27)15(35)18(42-22)34-9-31-14-16(28)29-8-30-17(14)34/h8-13,15,18,21,35H,7H2,1-6H3,(H2,28,29,30)(H2,32,33,38)/t12-,13-,15-,18+,22-/m0/s1. The van der Waals surface area contributed by atoms with Crippen LogP contribution in [0, 0.1) is 0 Å². The number of hydrogen-bond acceptors (Lipinski definition) is 12. The number of nitrogen functional groups attached to an aromatic ring is 1. The van der Waals surface area contributed by atoms with Crippen LogP contribution in [0.4, 0.5) is 23.4 Å². The zero-order valence-corrected chi connectivity index (χ0v) is 24.9. The second-order valence-corrected chi connectivity index (χ2v) is 12.2. The van der Waals surface area contributed by atoms with Gasteiger partial charge in [-0.15, -0.1) is 0 Å². The number of imidazole rings is 1. The van der Waals surface area contributed by atoms with E-state index in [1.807, 2.05) is 0 Å². The van der Waals surface area contributed by atoms with Crippen LogP contribution in [0.2, 0.25) is 0 Å². The van der Waals surface area contributed by atoms with Gasteiger partial charge in [-0.1, -0.05) is 0 Å². The Kier molecular flexibility index (Phi) is 10.4. The molecule has 1 fully saturated rings. The number of nitrogens with two attached hydrogens (primary N) is 1. The molecular formula is C23H34F4N7O8P. The molecule has 0 saturated carbocycles. The molecule has 0 aliphatic carbocycles.